The van der Waals surface area contributed by atoms with Crippen LogP contribution in [0.25, 0.3) is 0 Å². The van der Waals surface area contributed by atoms with Crippen LogP contribution in [0.2, 0.25) is 5.15 Å². The van der Waals surface area contributed by atoms with E-state index in [1.54, 1.807) is 6.20 Å². The van der Waals surface area contributed by atoms with Crippen molar-refractivity contribution < 1.29 is 4.74 Å². The summed E-state index contributed by atoms with van der Waals surface area (Å²) in [4.78, 5) is 3.99. The van der Waals surface area contributed by atoms with E-state index in [4.69, 9.17) is 22.1 Å². The van der Waals surface area contributed by atoms with E-state index in [1.165, 1.54) is 0 Å². The normalized spacial score (nSPS) is 10.2. The number of hydrogen-bond acceptors (Lipinski definition) is 3. The number of aromatic nitrogens is 1. The van der Waals surface area contributed by atoms with Gasteiger partial charge in [-0.05, 0) is 23.8 Å². The molecule has 1 aromatic heterocycles. The van der Waals surface area contributed by atoms with Crippen molar-refractivity contribution in [2.45, 2.75) is 13.2 Å². The molecule has 0 radical (unpaired) electrons. The molecule has 0 spiro atoms. The minimum atomic E-state index is 0.403. The van der Waals surface area contributed by atoms with Gasteiger partial charge in [-0.2, -0.15) is 0 Å². The smallest absolute Gasteiger partial charge is 0.135 e. The number of benzene rings is 1. The maximum absolute atomic E-state index is 5.94. The molecule has 0 aliphatic carbocycles. The lowest BCUT2D eigenvalue weighted by Gasteiger charge is -2.08. The van der Waals surface area contributed by atoms with Gasteiger partial charge in [0, 0.05) is 18.3 Å². The molecule has 1 aromatic carbocycles. The highest BCUT2D eigenvalue weighted by atomic mass is 35.5. The van der Waals surface area contributed by atoms with E-state index in [2.05, 4.69) is 4.98 Å². The number of hydrogen-bond donors (Lipinski definition) is 1. The molecular formula is C13H13ClN2O. The van der Waals surface area contributed by atoms with E-state index in [9.17, 15) is 0 Å². The average molecular weight is 249 g/mol. The molecule has 0 unspecified atom stereocenters. The summed E-state index contributed by atoms with van der Waals surface area (Å²) < 4.78 is 5.64. The fraction of sp³-hybridized carbons (Fsp3) is 0.154. The summed E-state index contributed by atoms with van der Waals surface area (Å²) in [5, 5.41) is 0.475. The largest absolute Gasteiger partial charge is 0.489 e. The van der Waals surface area contributed by atoms with Gasteiger partial charge in [-0.3, -0.25) is 0 Å². The topological polar surface area (TPSA) is 48.1 Å². The van der Waals surface area contributed by atoms with Crippen LogP contribution in [0.5, 0.6) is 5.75 Å². The number of pyridine rings is 1. The Bertz CT molecular complexity index is 502. The van der Waals surface area contributed by atoms with E-state index in [0.717, 1.165) is 16.9 Å². The summed E-state index contributed by atoms with van der Waals surface area (Å²) in [5.41, 5.74) is 7.47. The molecule has 0 amide bonds. The minimum absolute atomic E-state index is 0.403. The van der Waals surface area contributed by atoms with Crippen molar-refractivity contribution in [1.82, 2.24) is 4.98 Å². The molecule has 0 aliphatic heterocycles. The Labute approximate surface area is 105 Å². The van der Waals surface area contributed by atoms with E-state index in [-0.39, 0.29) is 0 Å². The zero-order valence-electron chi connectivity index (χ0n) is 9.27. The van der Waals surface area contributed by atoms with E-state index < -0.39 is 0 Å². The first-order chi connectivity index (χ1) is 8.29. The Kier molecular flexibility index (Phi) is 3.96. The van der Waals surface area contributed by atoms with Crippen LogP contribution in [0, 0.1) is 0 Å². The molecule has 17 heavy (non-hydrogen) atoms. The molecule has 88 valence electrons. The van der Waals surface area contributed by atoms with Crippen molar-refractivity contribution in [2.24, 2.45) is 5.73 Å². The first kappa shape index (κ1) is 11.9. The molecule has 0 saturated heterocycles. The molecule has 0 bridgehead atoms. The summed E-state index contributed by atoms with van der Waals surface area (Å²) in [6.45, 7) is 0.908. The molecule has 0 saturated carbocycles. The molecule has 0 atom stereocenters. The van der Waals surface area contributed by atoms with E-state index in [0.29, 0.717) is 18.3 Å². The summed E-state index contributed by atoms with van der Waals surface area (Å²) in [7, 11) is 0. The van der Waals surface area contributed by atoms with Crippen molar-refractivity contribution in [3.63, 3.8) is 0 Å². The van der Waals surface area contributed by atoms with Gasteiger partial charge in [-0.1, -0.05) is 29.8 Å². The standard InChI is InChI=1S/C13H13ClN2O/c14-13-11(4-2-6-16-13)9-17-12-5-1-3-10(7-12)8-15/h1-7H,8-9,15H2. The molecule has 2 N–H and O–H groups in total. The summed E-state index contributed by atoms with van der Waals surface area (Å²) in [5.74, 6) is 0.785. The van der Waals surface area contributed by atoms with Crippen molar-refractivity contribution in [3.05, 3.63) is 58.9 Å². The van der Waals surface area contributed by atoms with Crippen LogP contribution in [0.15, 0.2) is 42.6 Å². The highest BCUT2D eigenvalue weighted by Gasteiger charge is 2.01. The van der Waals surface area contributed by atoms with Gasteiger partial charge in [0.15, 0.2) is 0 Å². The molecule has 0 aliphatic rings. The predicted octanol–water partition coefficient (Wildman–Crippen LogP) is 2.77. The summed E-state index contributed by atoms with van der Waals surface area (Å²) in [6.07, 6.45) is 1.65. The van der Waals surface area contributed by atoms with E-state index in [1.807, 2.05) is 36.4 Å². The Balaban J connectivity index is 2.05. The minimum Gasteiger partial charge on any atom is -0.489 e. The van der Waals surface area contributed by atoms with Gasteiger partial charge < -0.3 is 10.5 Å². The molecule has 2 aromatic rings. The van der Waals surface area contributed by atoms with Gasteiger partial charge in [0.05, 0.1) is 0 Å². The van der Waals surface area contributed by atoms with Gasteiger partial charge in [0.25, 0.3) is 0 Å². The fourth-order valence-corrected chi connectivity index (χ4v) is 1.62. The SMILES string of the molecule is NCc1cccc(OCc2cccnc2Cl)c1. The molecule has 4 heteroatoms. The quantitative estimate of drug-likeness (QED) is 0.847. The second kappa shape index (κ2) is 5.66. The maximum Gasteiger partial charge on any atom is 0.135 e. The first-order valence-corrected chi connectivity index (χ1v) is 5.68. The van der Waals surface area contributed by atoms with Crippen molar-refractivity contribution >= 4 is 11.6 Å². The lowest BCUT2D eigenvalue weighted by atomic mass is 10.2. The fourth-order valence-electron chi connectivity index (χ4n) is 1.45. The molecule has 1 heterocycles. The summed E-state index contributed by atoms with van der Waals surface area (Å²) >= 11 is 5.94. The van der Waals surface area contributed by atoms with Crippen LogP contribution >= 0.6 is 11.6 Å². The lowest BCUT2D eigenvalue weighted by molar-refractivity contribution is 0.305. The highest BCUT2D eigenvalue weighted by molar-refractivity contribution is 6.30. The van der Waals surface area contributed by atoms with Gasteiger partial charge >= 0.3 is 0 Å². The zero-order valence-corrected chi connectivity index (χ0v) is 10.0. The molecule has 2 rings (SSSR count). The third-order valence-corrected chi connectivity index (χ3v) is 2.71. The molecule has 3 nitrogen and oxygen atoms in total. The number of rotatable bonds is 4. The van der Waals surface area contributed by atoms with E-state index >= 15 is 0 Å². The monoisotopic (exact) mass is 248 g/mol. The maximum atomic E-state index is 5.94. The van der Waals surface area contributed by atoms with Crippen LogP contribution in [-0.4, -0.2) is 4.98 Å². The van der Waals surface area contributed by atoms with Crippen molar-refractivity contribution in [2.75, 3.05) is 0 Å². The van der Waals surface area contributed by atoms with Crippen LogP contribution < -0.4 is 10.5 Å². The number of nitrogens with zero attached hydrogens (tertiary/aromatic N) is 1. The third kappa shape index (κ3) is 3.19. The van der Waals surface area contributed by atoms with Crippen LogP contribution in [-0.2, 0) is 13.2 Å². The Morgan fingerprint density at radius 1 is 1.24 bits per heavy atom. The zero-order chi connectivity index (χ0) is 12.1. The summed E-state index contributed by atoms with van der Waals surface area (Å²) in [6, 6.07) is 11.4. The number of halogens is 1. The van der Waals surface area contributed by atoms with Crippen LogP contribution in [0.3, 0.4) is 0 Å². The highest BCUT2D eigenvalue weighted by Crippen LogP contribution is 2.17. The van der Waals surface area contributed by atoms with Crippen LogP contribution in [0.1, 0.15) is 11.1 Å². The molecule has 0 fully saturated rings. The lowest BCUT2D eigenvalue weighted by Crippen LogP contribution is -1.99. The Hall–Kier alpha value is -1.58. The average Bonchev–Trinajstić information content (AvgIpc) is 2.38. The van der Waals surface area contributed by atoms with Gasteiger partial charge in [0.2, 0.25) is 0 Å². The number of ether oxygens (including phenoxy) is 1. The second-order valence-electron chi connectivity index (χ2n) is 3.59. The molecular weight excluding hydrogens is 236 g/mol. The Morgan fingerprint density at radius 3 is 2.88 bits per heavy atom. The predicted molar refractivity (Wildman–Crippen MR) is 67.9 cm³/mol. The Morgan fingerprint density at radius 2 is 2.12 bits per heavy atom. The van der Waals surface area contributed by atoms with Crippen molar-refractivity contribution in [3.8, 4) is 5.75 Å². The number of nitrogens with two attached hydrogens (primary N) is 1. The van der Waals surface area contributed by atoms with Gasteiger partial charge in [0.1, 0.15) is 17.5 Å². The van der Waals surface area contributed by atoms with Gasteiger partial charge in [-0.25, -0.2) is 4.98 Å². The van der Waals surface area contributed by atoms with Crippen molar-refractivity contribution in [1.29, 1.82) is 0 Å². The third-order valence-electron chi connectivity index (χ3n) is 2.36. The first-order valence-electron chi connectivity index (χ1n) is 5.31. The van der Waals surface area contributed by atoms with Crippen LogP contribution in [0.4, 0.5) is 0 Å². The van der Waals surface area contributed by atoms with Gasteiger partial charge in [-0.15, -0.1) is 0 Å². The second-order valence-corrected chi connectivity index (χ2v) is 3.95.